The van der Waals surface area contributed by atoms with Crippen LogP contribution in [0.25, 0.3) is 0 Å². The lowest BCUT2D eigenvalue weighted by atomic mass is 10.1. The number of amides is 1. The highest BCUT2D eigenvalue weighted by Crippen LogP contribution is 2.14. The van der Waals surface area contributed by atoms with E-state index in [-0.39, 0.29) is 10.7 Å². The highest BCUT2D eigenvalue weighted by atomic mass is 32.1. The molecule has 0 spiro atoms. The normalized spacial score (nSPS) is 9.95. The van der Waals surface area contributed by atoms with E-state index in [1.807, 2.05) is 0 Å². The van der Waals surface area contributed by atoms with Crippen LogP contribution >= 0.6 is 12.2 Å². The molecule has 5 heteroatoms. The second kappa shape index (κ2) is 5.58. The van der Waals surface area contributed by atoms with Crippen LogP contribution in [-0.2, 0) is 0 Å². The van der Waals surface area contributed by atoms with E-state index in [1.54, 1.807) is 36.4 Å². The van der Waals surface area contributed by atoms with Crippen molar-refractivity contribution in [2.24, 2.45) is 5.73 Å². The minimum absolute atomic E-state index is 0.133. The Morgan fingerprint density at radius 1 is 1.11 bits per heavy atom. The first kappa shape index (κ1) is 13.2. The van der Waals surface area contributed by atoms with Gasteiger partial charge < -0.3 is 11.1 Å². The quantitative estimate of drug-likeness (QED) is 0.846. The Hall–Kier alpha value is -2.27. The van der Waals surface area contributed by atoms with Crippen LogP contribution in [0.15, 0.2) is 48.5 Å². The molecule has 3 N–H and O–H groups in total. The number of para-hydroxylation sites is 1. The van der Waals surface area contributed by atoms with Crippen molar-refractivity contribution in [2.45, 2.75) is 0 Å². The molecule has 19 heavy (non-hydrogen) atoms. The molecular formula is C14H11FN2OS. The molecule has 0 saturated heterocycles. The summed E-state index contributed by atoms with van der Waals surface area (Å²) in [6.45, 7) is 0. The van der Waals surface area contributed by atoms with Crippen LogP contribution in [-0.4, -0.2) is 10.9 Å². The highest BCUT2D eigenvalue weighted by Gasteiger charge is 2.09. The maximum Gasteiger partial charge on any atom is 0.255 e. The fourth-order valence-electron chi connectivity index (χ4n) is 1.57. The SMILES string of the molecule is NC(=S)c1cccc(C(=O)Nc2ccccc2F)c1. The standard InChI is InChI=1S/C14H11FN2OS/c15-11-6-1-2-7-12(11)17-14(18)10-5-3-4-9(8-10)13(16)19/h1-8H,(H2,16,19)(H,17,18). The van der Waals surface area contributed by atoms with E-state index >= 15 is 0 Å². The van der Waals surface area contributed by atoms with E-state index in [9.17, 15) is 9.18 Å². The maximum atomic E-state index is 13.4. The van der Waals surface area contributed by atoms with Gasteiger partial charge in [0.25, 0.3) is 5.91 Å². The minimum Gasteiger partial charge on any atom is -0.389 e. The molecule has 2 aromatic rings. The van der Waals surface area contributed by atoms with Gasteiger partial charge in [0.15, 0.2) is 0 Å². The number of thiocarbonyl (C=S) groups is 1. The Labute approximate surface area is 115 Å². The summed E-state index contributed by atoms with van der Waals surface area (Å²) in [4.78, 5) is 12.2. The van der Waals surface area contributed by atoms with Gasteiger partial charge in [0.2, 0.25) is 0 Å². The number of hydrogen-bond donors (Lipinski definition) is 2. The zero-order chi connectivity index (χ0) is 13.8. The lowest BCUT2D eigenvalue weighted by Gasteiger charge is -2.07. The average molecular weight is 274 g/mol. The molecule has 2 rings (SSSR count). The number of hydrogen-bond acceptors (Lipinski definition) is 2. The Kier molecular flexibility index (Phi) is 3.87. The lowest BCUT2D eigenvalue weighted by Crippen LogP contribution is -2.15. The topological polar surface area (TPSA) is 55.1 Å². The van der Waals surface area contributed by atoms with E-state index < -0.39 is 11.7 Å². The van der Waals surface area contributed by atoms with Gasteiger partial charge in [-0.1, -0.05) is 36.5 Å². The van der Waals surface area contributed by atoms with E-state index in [2.05, 4.69) is 5.32 Å². The summed E-state index contributed by atoms with van der Waals surface area (Å²) in [5.41, 5.74) is 6.59. The molecule has 0 saturated carbocycles. The van der Waals surface area contributed by atoms with Crippen LogP contribution in [0.5, 0.6) is 0 Å². The van der Waals surface area contributed by atoms with Crippen molar-refractivity contribution in [2.75, 3.05) is 5.32 Å². The van der Waals surface area contributed by atoms with Crippen LogP contribution < -0.4 is 11.1 Å². The van der Waals surface area contributed by atoms with Crippen molar-refractivity contribution < 1.29 is 9.18 Å². The first-order chi connectivity index (χ1) is 9.08. The van der Waals surface area contributed by atoms with E-state index in [4.69, 9.17) is 18.0 Å². The molecule has 0 bridgehead atoms. The largest absolute Gasteiger partial charge is 0.389 e. The van der Waals surface area contributed by atoms with Gasteiger partial charge in [-0.2, -0.15) is 0 Å². The summed E-state index contributed by atoms with van der Waals surface area (Å²) in [6.07, 6.45) is 0. The van der Waals surface area contributed by atoms with E-state index in [0.29, 0.717) is 11.1 Å². The van der Waals surface area contributed by atoms with Gasteiger partial charge in [-0.05, 0) is 24.3 Å². The van der Waals surface area contributed by atoms with Crippen LogP contribution in [0.1, 0.15) is 15.9 Å². The Balaban J connectivity index is 2.23. The van der Waals surface area contributed by atoms with Gasteiger partial charge in [0, 0.05) is 11.1 Å². The third kappa shape index (κ3) is 3.14. The molecule has 0 fully saturated rings. The molecule has 0 atom stereocenters. The molecule has 3 nitrogen and oxygen atoms in total. The Morgan fingerprint density at radius 3 is 2.47 bits per heavy atom. The minimum atomic E-state index is -0.485. The number of halogens is 1. The fourth-order valence-corrected chi connectivity index (χ4v) is 1.70. The zero-order valence-electron chi connectivity index (χ0n) is 9.89. The van der Waals surface area contributed by atoms with Gasteiger partial charge in [-0.3, -0.25) is 4.79 Å². The third-order valence-electron chi connectivity index (χ3n) is 2.53. The third-order valence-corrected chi connectivity index (χ3v) is 2.77. The number of anilines is 1. The summed E-state index contributed by atoms with van der Waals surface area (Å²) in [7, 11) is 0. The van der Waals surface area contributed by atoms with Gasteiger partial charge in [-0.15, -0.1) is 0 Å². The number of carbonyl (C=O) groups is 1. The molecule has 1 amide bonds. The van der Waals surface area contributed by atoms with Crippen LogP contribution in [0.4, 0.5) is 10.1 Å². The summed E-state index contributed by atoms with van der Waals surface area (Å²) in [5.74, 6) is -0.899. The fraction of sp³-hybridized carbons (Fsp3) is 0. The molecular weight excluding hydrogens is 263 g/mol. The Morgan fingerprint density at radius 2 is 1.79 bits per heavy atom. The molecule has 0 aliphatic carbocycles. The maximum absolute atomic E-state index is 13.4. The predicted molar refractivity (Wildman–Crippen MR) is 76.7 cm³/mol. The van der Waals surface area contributed by atoms with E-state index in [0.717, 1.165) is 0 Å². The Bertz CT molecular complexity index is 643. The number of nitrogens with one attached hydrogen (secondary N) is 1. The molecule has 0 radical (unpaired) electrons. The predicted octanol–water partition coefficient (Wildman–Crippen LogP) is 2.71. The van der Waals surface area contributed by atoms with Crippen molar-refractivity contribution in [3.05, 3.63) is 65.5 Å². The molecule has 0 unspecified atom stereocenters. The number of carbonyl (C=O) groups excluding carboxylic acids is 1. The first-order valence-electron chi connectivity index (χ1n) is 5.53. The average Bonchev–Trinajstić information content (AvgIpc) is 2.41. The molecule has 0 aliphatic heterocycles. The molecule has 2 aromatic carbocycles. The molecule has 0 aliphatic rings. The second-order valence-corrected chi connectivity index (χ2v) is 4.32. The van der Waals surface area contributed by atoms with Crippen molar-refractivity contribution in [1.82, 2.24) is 0 Å². The van der Waals surface area contributed by atoms with Gasteiger partial charge in [-0.25, -0.2) is 4.39 Å². The summed E-state index contributed by atoms with van der Waals surface area (Å²) < 4.78 is 13.4. The lowest BCUT2D eigenvalue weighted by molar-refractivity contribution is 0.102. The smallest absolute Gasteiger partial charge is 0.255 e. The monoisotopic (exact) mass is 274 g/mol. The van der Waals surface area contributed by atoms with Gasteiger partial charge in [0.1, 0.15) is 10.8 Å². The van der Waals surface area contributed by atoms with Crippen molar-refractivity contribution in [1.29, 1.82) is 0 Å². The summed E-state index contributed by atoms with van der Waals surface area (Å²) in [6, 6.07) is 12.5. The summed E-state index contributed by atoms with van der Waals surface area (Å²) >= 11 is 4.84. The van der Waals surface area contributed by atoms with Crippen molar-refractivity contribution >= 4 is 28.8 Å². The van der Waals surface area contributed by atoms with E-state index in [1.165, 1.54) is 12.1 Å². The first-order valence-corrected chi connectivity index (χ1v) is 5.94. The number of benzene rings is 2. The van der Waals surface area contributed by atoms with Crippen molar-refractivity contribution in [3.63, 3.8) is 0 Å². The van der Waals surface area contributed by atoms with Crippen LogP contribution in [0, 0.1) is 5.82 Å². The summed E-state index contributed by atoms with van der Waals surface area (Å²) in [5, 5.41) is 2.49. The number of rotatable bonds is 3. The number of nitrogens with two attached hydrogens (primary N) is 1. The van der Waals surface area contributed by atoms with Crippen LogP contribution in [0.3, 0.4) is 0 Å². The van der Waals surface area contributed by atoms with Crippen LogP contribution in [0.2, 0.25) is 0 Å². The molecule has 96 valence electrons. The highest BCUT2D eigenvalue weighted by molar-refractivity contribution is 7.80. The second-order valence-electron chi connectivity index (χ2n) is 3.88. The van der Waals surface area contributed by atoms with Gasteiger partial charge >= 0.3 is 0 Å². The molecule has 0 heterocycles. The van der Waals surface area contributed by atoms with Crippen molar-refractivity contribution in [3.8, 4) is 0 Å². The van der Waals surface area contributed by atoms with Gasteiger partial charge in [0.05, 0.1) is 5.69 Å². The zero-order valence-corrected chi connectivity index (χ0v) is 10.7. The molecule has 0 aromatic heterocycles.